The Morgan fingerprint density at radius 2 is 2.13 bits per heavy atom. The average Bonchev–Trinajstić information content (AvgIpc) is 2.16. The highest BCUT2D eigenvalue weighted by Crippen LogP contribution is 2.23. The molecule has 1 aliphatic rings. The minimum atomic E-state index is -0.462. The molecule has 0 aromatic carbocycles. The maximum Gasteiger partial charge on any atom is 0.236 e. The first kappa shape index (κ1) is 14.7. The largest absolute Gasteiger partial charge is 0.393 e. The van der Waals surface area contributed by atoms with Crippen LogP contribution in [0.1, 0.15) is 32.6 Å². The Morgan fingerprint density at radius 1 is 1.53 bits per heavy atom. The molecule has 3 atom stereocenters. The zero-order valence-corrected chi connectivity index (χ0v) is 9.93. The van der Waals surface area contributed by atoms with E-state index in [1.54, 1.807) is 6.92 Å². The van der Waals surface area contributed by atoms with E-state index < -0.39 is 6.04 Å². The number of carbonyl (C=O) groups is 1. The maximum absolute atomic E-state index is 11.2. The van der Waals surface area contributed by atoms with Crippen molar-refractivity contribution in [3.05, 3.63) is 0 Å². The predicted octanol–water partition coefficient (Wildman–Crippen LogP) is 0.423. The van der Waals surface area contributed by atoms with E-state index in [1.165, 1.54) is 0 Å². The Kier molecular flexibility index (Phi) is 6.89. The second kappa shape index (κ2) is 7.04. The molecular weight excluding hydrogens is 216 g/mol. The number of aliphatic hydroxyl groups excluding tert-OH is 1. The third-order valence-electron chi connectivity index (χ3n) is 2.82. The zero-order chi connectivity index (χ0) is 10.6. The van der Waals surface area contributed by atoms with Crippen LogP contribution in [0.15, 0.2) is 0 Å². The lowest BCUT2D eigenvalue weighted by Crippen LogP contribution is -2.43. The first-order valence-electron chi connectivity index (χ1n) is 5.32. The second-order valence-corrected chi connectivity index (χ2v) is 4.15. The summed E-state index contributed by atoms with van der Waals surface area (Å²) in [6.07, 6.45) is 3.85. The minimum absolute atomic E-state index is 0. The van der Waals surface area contributed by atoms with Gasteiger partial charge in [-0.2, -0.15) is 0 Å². The van der Waals surface area contributed by atoms with Crippen LogP contribution in [0.5, 0.6) is 0 Å². The fraction of sp³-hybridized carbons (Fsp3) is 0.900. The molecule has 1 saturated carbocycles. The summed E-state index contributed by atoms with van der Waals surface area (Å²) >= 11 is 0. The summed E-state index contributed by atoms with van der Waals surface area (Å²) in [6, 6.07) is -0.462. The highest BCUT2D eigenvalue weighted by atomic mass is 35.5. The van der Waals surface area contributed by atoms with Gasteiger partial charge in [-0.1, -0.05) is 12.8 Å². The SMILES string of the molecule is C[C@@H](N)C(=O)NCC1CCCCC1O.Cl. The van der Waals surface area contributed by atoms with Gasteiger partial charge in [-0.25, -0.2) is 0 Å². The van der Waals surface area contributed by atoms with Gasteiger partial charge in [0.1, 0.15) is 0 Å². The number of nitrogens with two attached hydrogens (primary N) is 1. The molecule has 5 heteroatoms. The minimum Gasteiger partial charge on any atom is -0.393 e. The van der Waals surface area contributed by atoms with Gasteiger partial charge in [0, 0.05) is 12.5 Å². The van der Waals surface area contributed by atoms with Gasteiger partial charge in [-0.15, -0.1) is 12.4 Å². The molecule has 90 valence electrons. The van der Waals surface area contributed by atoms with Gasteiger partial charge in [0.25, 0.3) is 0 Å². The summed E-state index contributed by atoms with van der Waals surface area (Å²) < 4.78 is 0. The van der Waals surface area contributed by atoms with Gasteiger partial charge in [-0.05, 0) is 19.8 Å². The summed E-state index contributed by atoms with van der Waals surface area (Å²) in [4.78, 5) is 11.2. The molecular formula is C10H21ClN2O2. The molecule has 0 spiro atoms. The van der Waals surface area contributed by atoms with Gasteiger partial charge in [0.05, 0.1) is 12.1 Å². The molecule has 2 unspecified atom stereocenters. The number of hydrogen-bond acceptors (Lipinski definition) is 3. The summed E-state index contributed by atoms with van der Waals surface area (Å²) in [5, 5.41) is 12.4. The first-order valence-corrected chi connectivity index (χ1v) is 5.32. The van der Waals surface area contributed by atoms with Crippen molar-refractivity contribution in [3.63, 3.8) is 0 Å². The van der Waals surface area contributed by atoms with Crippen molar-refractivity contribution in [1.82, 2.24) is 5.32 Å². The highest BCUT2D eigenvalue weighted by Gasteiger charge is 2.23. The Balaban J connectivity index is 0.00000196. The highest BCUT2D eigenvalue weighted by molar-refractivity contribution is 5.85. The Morgan fingerprint density at radius 3 is 2.67 bits per heavy atom. The molecule has 0 aromatic heterocycles. The fourth-order valence-electron chi connectivity index (χ4n) is 1.82. The van der Waals surface area contributed by atoms with Gasteiger partial charge in [-0.3, -0.25) is 4.79 Å². The third-order valence-corrected chi connectivity index (χ3v) is 2.82. The summed E-state index contributed by atoms with van der Waals surface area (Å²) in [5.41, 5.74) is 5.41. The van der Waals surface area contributed by atoms with Crippen LogP contribution in [0.3, 0.4) is 0 Å². The van der Waals surface area contributed by atoms with Gasteiger partial charge >= 0.3 is 0 Å². The lowest BCUT2D eigenvalue weighted by molar-refractivity contribution is -0.122. The number of nitrogens with one attached hydrogen (secondary N) is 1. The van der Waals surface area contributed by atoms with Crippen LogP contribution in [0.4, 0.5) is 0 Å². The van der Waals surface area contributed by atoms with E-state index in [-0.39, 0.29) is 30.3 Å². The van der Waals surface area contributed by atoms with Gasteiger partial charge < -0.3 is 16.2 Å². The number of aliphatic hydroxyl groups is 1. The molecule has 0 aliphatic heterocycles. The summed E-state index contributed by atoms with van der Waals surface area (Å²) in [5.74, 6) is 0.0780. The molecule has 1 amide bonds. The van der Waals surface area contributed by atoms with Crippen LogP contribution < -0.4 is 11.1 Å². The topological polar surface area (TPSA) is 75.4 Å². The first-order chi connectivity index (χ1) is 6.61. The van der Waals surface area contributed by atoms with Crippen molar-refractivity contribution in [2.45, 2.75) is 44.8 Å². The second-order valence-electron chi connectivity index (χ2n) is 4.15. The molecule has 1 aliphatic carbocycles. The average molecular weight is 237 g/mol. The number of hydrogen-bond donors (Lipinski definition) is 3. The van der Waals surface area contributed by atoms with Crippen LogP contribution in [0.25, 0.3) is 0 Å². The van der Waals surface area contributed by atoms with Crippen LogP contribution in [0.2, 0.25) is 0 Å². The molecule has 15 heavy (non-hydrogen) atoms. The van der Waals surface area contributed by atoms with Gasteiger partial charge in [0.15, 0.2) is 0 Å². The number of carbonyl (C=O) groups excluding carboxylic acids is 1. The molecule has 1 rings (SSSR count). The van der Waals surface area contributed by atoms with Crippen LogP contribution in [-0.2, 0) is 4.79 Å². The zero-order valence-electron chi connectivity index (χ0n) is 9.11. The molecule has 0 bridgehead atoms. The van der Waals surface area contributed by atoms with Crippen LogP contribution in [-0.4, -0.2) is 29.7 Å². The van der Waals surface area contributed by atoms with E-state index in [0.29, 0.717) is 6.54 Å². The van der Waals surface area contributed by atoms with Crippen molar-refractivity contribution in [1.29, 1.82) is 0 Å². The Labute approximate surface area is 97.0 Å². The van der Waals surface area contributed by atoms with Crippen LogP contribution in [0, 0.1) is 5.92 Å². The van der Waals surface area contributed by atoms with Crippen molar-refractivity contribution in [2.75, 3.05) is 6.54 Å². The molecule has 0 radical (unpaired) electrons. The Bertz CT molecular complexity index is 200. The normalized spacial score (nSPS) is 27.7. The maximum atomic E-state index is 11.2. The van der Waals surface area contributed by atoms with Crippen molar-refractivity contribution >= 4 is 18.3 Å². The van der Waals surface area contributed by atoms with Crippen molar-refractivity contribution < 1.29 is 9.90 Å². The van der Waals surface area contributed by atoms with Gasteiger partial charge in [0.2, 0.25) is 5.91 Å². The molecule has 4 N–H and O–H groups in total. The summed E-state index contributed by atoms with van der Waals surface area (Å²) in [6.45, 7) is 2.22. The summed E-state index contributed by atoms with van der Waals surface area (Å²) in [7, 11) is 0. The van der Waals surface area contributed by atoms with E-state index in [4.69, 9.17) is 5.73 Å². The molecule has 1 fully saturated rings. The monoisotopic (exact) mass is 236 g/mol. The predicted molar refractivity (Wildman–Crippen MR) is 61.9 cm³/mol. The Hall–Kier alpha value is -0.320. The molecule has 0 saturated heterocycles. The van der Waals surface area contributed by atoms with E-state index in [9.17, 15) is 9.90 Å². The van der Waals surface area contributed by atoms with Crippen molar-refractivity contribution in [2.24, 2.45) is 11.7 Å². The van der Waals surface area contributed by atoms with E-state index >= 15 is 0 Å². The van der Waals surface area contributed by atoms with Crippen LogP contribution >= 0.6 is 12.4 Å². The number of halogens is 1. The van der Waals surface area contributed by atoms with E-state index in [0.717, 1.165) is 25.7 Å². The smallest absolute Gasteiger partial charge is 0.236 e. The quantitative estimate of drug-likeness (QED) is 0.665. The van der Waals surface area contributed by atoms with E-state index in [1.807, 2.05) is 0 Å². The lowest BCUT2D eigenvalue weighted by Gasteiger charge is -2.27. The standard InChI is InChI=1S/C10H20N2O2.ClH/c1-7(11)10(14)12-6-8-4-2-3-5-9(8)13;/h7-9,13H,2-6,11H2,1H3,(H,12,14);1H/t7-,8?,9?;/m1./s1. The molecule has 0 aromatic rings. The lowest BCUT2D eigenvalue weighted by atomic mass is 9.86. The number of rotatable bonds is 3. The molecule has 4 nitrogen and oxygen atoms in total. The third kappa shape index (κ3) is 4.82. The van der Waals surface area contributed by atoms with Crippen molar-refractivity contribution in [3.8, 4) is 0 Å². The molecule has 0 heterocycles. The number of amides is 1. The van der Waals surface area contributed by atoms with E-state index in [2.05, 4.69) is 5.32 Å². The fourth-order valence-corrected chi connectivity index (χ4v) is 1.82.